The Morgan fingerprint density at radius 1 is 1.35 bits per heavy atom. The molecule has 0 saturated carbocycles. The van der Waals surface area contributed by atoms with E-state index in [2.05, 4.69) is 15.1 Å². The third-order valence-electron chi connectivity index (χ3n) is 4.61. The van der Waals surface area contributed by atoms with E-state index in [0.29, 0.717) is 5.69 Å². The van der Waals surface area contributed by atoms with Crippen molar-refractivity contribution in [1.29, 1.82) is 0 Å². The average Bonchev–Trinajstić information content (AvgIpc) is 2.57. The molecular weight excluding hydrogens is 314 g/mol. The molecule has 1 aromatic heterocycles. The predicted molar refractivity (Wildman–Crippen MR) is 90.9 cm³/mol. The molecule has 6 heteroatoms. The molecule has 0 spiro atoms. The summed E-state index contributed by atoms with van der Waals surface area (Å²) in [4.78, 5) is 13.6. The van der Waals surface area contributed by atoms with E-state index >= 15 is 0 Å². The zero-order valence-corrected chi connectivity index (χ0v) is 13.8. The summed E-state index contributed by atoms with van der Waals surface area (Å²) < 4.78 is 0. The number of nitrogens with one attached hydrogen (secondary N) is 1. The van der Waals surface area contributed by atoms with Gasteiger partial charge < -0.3 is 10.0 Å². The molecule has 1 aliphatic rings. The van der Waals surface area contributed by atoms with E-state index < -0.39 is 6.10 Å². The number of rotatable bonds is 3. The summed E-state index contributed by atoms with van der Waals surface area (Å²) in [6.07, 6.45) is 2.82. The van der Waals surface area contributed by atoms with Crippen molar-refractivity contribution in [2.45, 2.75) is 25.9 Å². The lowest BCUT2D eigenvalue weighted by molar-refractivity contribution is 0.0924. The van der Waals surface area contributed by atoms with Crippen LogP contribution in [0.1, 0.15) is 30.1 Å². The van der Waals surface area contributed by atoms with Crippen molar-refractivity contribution in [3.05, 3.63) is 57.0 Å². The smallest absolute Gasteiger partial charge is 0.285 e. The van der Waals surface area contributed by atoms with E-state index in [1.807, 2.05) is 31.2 Å². The van der Waals surface area contributed by atoms with Gasteiger partial charge in [-0.1, -0.05) is 35.9 Å². The van der Waals surface area contributed by atoms with Gasteiger partial charge in [-0.2, -0.15) is 5.10 Å². The molecule has 3 rings (SSSR count). The van der Waals surface area contributed by atoms with Crippen LogP contribution in [-0.2, 0) is 0 Å². The lowest BCUT2D eigenvalue weighted by Crippen LogP contribution is -2.36. The summed E-state index contributed by atoms with van der Waals surface area (Å²) in [5.41, 5.74) is 2.41. The first-order valence-electron chi connectivity index (χ1n) is 7.79. The first-order chi connectivity index (χ1) is 11.1. The highest BCUT2D eigenvalue weighted by Crippen LogP contribution is 2.34. The van der Waals surface area contributed by atoms with Gasteiger partial charge in [-0.3, -0.25) is 4.79 Å². The number of H-pyrrole nitrogens is 1. The molecule has 0 aliphatic carbocycles. The first kappa shape index (κ1) is 16.0. The van der Waals surface area contributed by atoms with Gasteiger partial charge in [-0.15, -0.1) is 0 Å². The number of nitrogens with zero attached hydrogens (tertiary/aromatic N) is 2. The molecule has 122 valence electrons. The molecule has 1 atom stereocenters. The van der Waals surface area contributed by atoms with Gasteiger partial charge in [0.2, 0.25) is 0 Å². The summed E-state index contributed by atoms with van der Waals surface area (Å²) in [6, 6.07) is 7.96. The highest BCUT2D eigenvalue weighted by molar-refractivity contribution is 6.32. The fourth-order valence-corrected chi connectivity index (χ4v) is 3.43. The van der Waals surface area contributed by atoms with Crippen LogP contribution in [0.15, 0.2) is 35.3 Å². The molecule has 23 heavy (non-hydrogen) atoms. The van der Waals surface area contributed by atoms with Crippen LogP contribution in [0, 0.1) is 12.8 Å². The van der Waals surface area contributed by atoms with Crippen molar-refractivity contribution in [3.63, 3.8) is 0 Å². The van der Waals surface area contributed by atoms with Crippen LogP contribution in [0.3, 0.4) is 0 Å². The second kappa shape index (κ2) is 6.72. The number of anilines is 1. The maximum Gasteiger partial charge on any atom is 0.285 e. The minimum absolute atomic E-state index is 0.179. The predicted octanol–water partition coefficient (Wildman–Crippen LogP) is 2.68. The van der Waals surface area contributed by atoms with Crippen molar-refractivity contribution in [2.75, 3.05) is 18.0 Å². The van der Waals surface area contributed by atoms with E-state index in [4.69, 9.17) is 11.6 Å². The number of piperidine rings is 1. The number of aromatic nitrogens is 2. The highest BCUT2D eigenvalue weighted by Gasteiger charge is 2.28. The van der Waals surface area contributed by atoms with Gasteiger partial charge in [-0.05, 0) is 36.8 Å². The molecule has 1 aromatic carbocycles. The Labute approximate surface area is 139 Å². The lowest BCUT2D eigenvalue weighted by Gasteiger charge is -2.36. The summed E-state index contributed by atoms with van der Waals surface area (Å²) >= 11 is 6.07. The molecule has 2 aromatic rings. The van der Waals surface area contributed by atoms with E-state index in [1.165, 1.54) is 0 Å². The van der Waals surface area contributed by atoms with Gasteiger partial charge in [0.05, 0.1) is 18.0 Å². The molecule has 5 nitrogen and oxygen atoms in total. The monoisotopic (exact) mass is 333 g/mol. The Bertz CT molecular complexity index is 739. The molecule has 0 bridgehead atoms. The number of aryl methyl sites for hydroxylation is 1. The Balaban J connectivity index is 1.70. The van der Waals surface area contributed by atoms with Gasteiger partial charge in [0.1, 0.15) is 5.02 Å². The van der Waals surface area contributed by atoms with Crippen LogP contribution in [0.4, 0.5) is 5.69 Å². The van der Waals surface area contributed by atoms with Gasteiger partial charge in [-0.25, -0.2) is 5.10 Å². The van der Waals surface area contributed by atoms with Crippen LogP contribution < -0.4 is 10.5 Å². The van der Waals surface area contributed by atoms with Crippen molar-refractivity contribution in [3.8, 4) is 0 Å². The zero-order chi connectivity index (χ0) is 16.4. The third-order valence-corrected chi connectivity index (χ3v) is 4.98. The molecule has 2 heterocycles. The van der Waals surface area contributed by atoms with Crippen molar-refractivity contribution < 1.29 is 5.11 Å². The number of aromatic amines is 1. The van der Waals surface area contributed by atoms with Gasteiger partial charge in [0.25, 0.3) is 5.56 Å². The van der Waals surface area contributed by atoms with Crippen LogP contribution in [0.25, 0.3) is 0 Å². The molecule has 2 N–H and O–H groups in total. The van der Waals surface area contributed by atoms with Crippen LogP contribution in [-0.4, -0.2) is 28.4 Å². The summed E-state index contributed by atoms with van der Waals surface area (Å²) in [5, 5.41) is 17.0. The fraction of sp³-hybridized carbons (Fsp3) is 0.412. The highest BCUT2D eigenvalue weighted by atomic mass is 35.5. The summed E-state index contributed by atoms with van der Waals surface area (Å²) in [5.74, 6) is 0.209. The Kier molecular flexibility index (Phi) is 4.68. The number of halogens is 1. The number of benzene rings is 1. The normalized spacial score (nSPS) is 17.3. The Morgan fingerprint density at radius 2 is 2.04 bits per heavy atom. The van der Waals surface area contributed by atoms with E-state index in [-0.39, 0.29) is 16.5 Å². The molecule has 1 unspecified atom stereocenters. The minimum Gasteiger partial charge on any atom is -0.388 e. The topological polar surface area (TPSA) is 69.2 Å². The maximum atomic E-state index is 11.6. The van der Waals surface area contributed by atoms with Crippen LogP contribution in [0.2, 0.25) is 5.02 Å². The summed E-state index contributed by atoms with van der Waals surface area (Å²) in [7, 11) is 0. The second-order valence-corrected chi connectivity index (χ2v) is 6.40. The molecule has 1 saturated heterocycles. The molecule has 1 aliphatic heterocycles. The lowest BCUT2D eigenvalue weighted by atomic mass is 9.86. The number of aliphatic hydroxyl groups is 1. The minimum atomic E-state index is -0.453. The molecule has 0 radical (unpaired) electrons. The van der Waals surface area contributed by atoms with E-state index in [9.17, 15) is 9.90 Å². The standard InChI is InChI=1S/C17H20ClN3O2/c1-11-4-2-3-5-13(11)16(22)12-6-8-21(9-7-12)14-10-19-20-17(23)15(14)18/h2-5,10,12,16,22H,6-9H2,1H3,(H,20,23). The SMILES string of the molecule is Cc1ccccc1C(O)C1CCN(c2cn[nH]c(=O)c2Cl)CC1. The van der Waals surface area contributed by atoms with Gasteiger partial charge in [0.15, 0.2) is 0 Å². The fourth-order valence-electron chi connectivity index (χ4n) is 3.22. The largest absolute Gasteiger partial charge is 0.388 e. The van der Waals surface area contributed by atoms with Gasteiger partial charge in [0, 0.05) is 13.1 Å². The molecular formula is C17H20ClN3O2. The summed E-state index contributed by atoms with van der Waals surface area (Å²) in [6.45, 7) is 3.52. The maximum absolute atomic E-state index is 11.6. The third kappa shape index (κ3) is 3.26. The number of hydrogen-bond acceptors (Lipinski definition) is 4. The van der Waals surface area contributed by atoms with Crippen molar-refractivity contribution >= 4 is 17.3 Å². The van der Waals surface area contributed by atoms with Crippen LogP contribution in [0.5, 0.6) is 0 Å². The molecule has 0 amide bonds. The van der Waals surface area contributed by atoms with Gasteiger partial charge >= 0.3 is 0 Å². The molecule has 1 fully saturated rings. The van der Waals surface area contributed by atoms with E-state index in [0.717, 1.165) is 37.1 Å². The quantitative estimate of drug-likeness (QED) is 0.906. The van der Waals surface area contributed by atoms with Crippen molar-refractivity contribution in [2.24, 2.45) is 5.92 Å². The van der Waals surface area contributed by atoms with Crippen molar-refractivity contribution in [1.82, 2.24) is 10.2 Å². The first-order valence-corrected chi connectivity index (χ1v) is 8.17. The average molecular weight is 334 g/mol. The Morgan fingerprint density at radius 3 is 2.74 bits per heavy atom. The number of hydrogen-bond donors (Lipinski definition) is 2. The zero-order valence-electron chi connectivity index (χ0n) is 13.0. The Hall–Kier alpha value is -1.85. The van der Waals surface area contributed by atoms with Crippen LogP contribution >= 0.6 is 11.6 Å². The second-order valence-electron chi connectivity index (χ2n) is 6.02. The number of aliphatic hydroxyl groups excluding tert-OH is 1. The van der Waals surface area contributed by atoms with E-state index in [1.54, 1.807) is 6.20 Å².